The number of carboxylic acids is 1. The summed E-state index contributed by atoms with van der Waals surface area (Å²) in [5.41, 5.74) is 0.562. The Morgan fingerprint density at radius 1 is 1.24 bits per heavy atom. The lowest BCUT2D eigenvalue weighted by molar-refractivity contribution is -0.136. The minimum Gasteiger partial charge on any atom is -0.481 e. The molecule has 0 saturated heterocycles. The van der Waals surface area contributed by atoms with Crippen molar-refractivity contribution in [2.75, 3.05) is 0 Å². The average Bonchev–Trinajstić information content (AvgIpc) is 2.45. The lowest BCUT2D eigenvalue weighted by Gasteiger charge is -2.20. The summed E-state index contributed by atoms with van der Waals surface area (Å²) in [5.74, 6) is -0.680. The number of rotatable bonds is 8. The third-order valence-electron chi connectivity index (χ3n) is 3.32. The number of aliphatic carboxylic acids is 1. The first-order valence-electron chi connectivity index (χ1n) is 7.24. The van der Waals surface area contributed by atoms with Crippen LogP contribution in [0.4, 0.5) is 0 Å². The predicted octanol–water partition coefficient (Wildman–Crippen LogP) is 2.39. The van der Waals surface area contributed by atoms with E-state index < -0.39 is 12.1 Å². The van der Waals surface area contributed by atoms with Gasteiger partial charge in [0.05, 0.1) is 6.42 Å². The molecule has 0 bridgehead atoms. The van der Waals surface area contributed by atoms with E-state index in [1.165, 1.54) is 0 Å². The Labute approximate surface area is 125 Å². The molecular formula is C16H23NO4. The summed E-state index contributed by atoms with van der Waals surface area (Å²) in [6, 6.07) is 7.01. The maximum absolute atomic E-state index is 12.1. The fourth-order valence-corrected chi connectivity index (χ4v) is 1.98. The molecule has 1 rings (SSSR count). The van der Waals surface area contributed by atoms with Crippen LogP contribution in [0.1, 0.15) is 39.2 Å². The average molecular weight is 293 g/mol. The van der Waals surface area contributed by atoms with Crippen LogP contribution < -0.4 is 10.1 Å². The van der Waals surface area contributed by atoms with Gasteiger partial charge < -0.3 is 15.2 Å². The number of hydrogen-bond donors (Lipinski definition) is 2. The number of carbonyl (C=O) groups is 2. The summed E-state index contributed by atoms with van der Waals surface area (Å²) in [7, 11) is 0. The van der Waals surface area contributed by atoms with Gasteiger partial charge in [0, 0.05) is 11.6 Å². The molecule has 0 radical (unpaired) electrons. The number of ether oxygens (including phenoxy) is 1. The van der Waals surface area contributed by atoms with Crippen molar-refractivity contribution in [3.63, 3.8) is 0 Å². The maximum Gasteiger partial charge on any atom is 0.307 e. The van der Waals surface area contributed by atoms with Gasteiger partial charge in [-0.25, -0.2) is 0 Å². The normalized spacial score (nSPS) is 12.0. The molecule has 0 aliphatic carbocycles. The zero-order valence-corrected chi connectivity index (χ0v) is 12.8. The molecule has 0 fully saturated rings. The Morgan fingerprint density at radius 2 is 1.86 bits per heavy atom. The zero-order valence-electron chi connectivity index (χ0n) is 12.8. The van der Waals surface area contributed by atoms with Crippen LogP contribution in [-0.2, 0) is 16.0 Å². The molecule has 5 heteroatoms. The van der Waals surface area contributed by atoms with Gasteiger partial charge in [-0.15, -0.1) is 0 Å². The quantitative estimate of drug-likeness (QED) is 0.771. The summed E-state index contributed by atoms with van der Waals surface area (Å²) in [6.07, 6.45) is 0.937. The lowest BCUT2D eigenvalue weighted by atomic mass is 10.1. The van der Waals surface area contributed by atoms with Crippen molar-refractivity contribution in [2.24, 2.45) is 0 Å². The largest absolute Gasteiger partial charge is 0.481 e. The van der Waals surface area contributed by atoms with E-state index >= 15 is 0 Å². The fraction of sp³-hybridized carbons (Fsp3) is 0.500. The topological polar surface area (TPSA) is 75.6 Å². The first-order chi connectivity index (χ1) is 9.97. The van der Waals surface area contributed by atoms with Crippen LogP contribution in [0.3, 0.4) is 0 Å². The first kappa shape index (κ1) is 17.0. The van der Waals surface area contributed by atoms with E-state index in [-0.39, 0.29) is 18.4 Å². The SMILES string of the molecule is CCC(CC)NC(=O)C(C)Oc1ccccc1CC(=O)O. The minimum absolute atomic E-state index is 0.128. The van der Waals surface area contributed by atoms with Gasteiger partial charge in [0.1, 0.15) is 5.75 Å². The van der Waals surface area contributed by atoms with Crippen LogP contribution >= 0.6 is 0 Å². The second kappa shape index (κ2) is 8.29. The summed E-state index contributed by atoms with van der Waals surface area (Å²) >= 11 is 0. The van der Waals surface area contributed by atoms with Crippen molar-refractivity contribution in [1.29, 1.82) is 0 Å². The van der Waals surface area contributed by atoms with Crippen LogP contribution in [0.2, 0.25) is 0 Å². The van der Waals surface area contributed by atoms with E-state index in [0.717, 1.165) is 12.8 Å². The van der Waals surface area contributed by atoms with Crippen LogP contribution in [0, 0.1) is 0 Å². The second-order valence-electron chi connectivity index (χ2n) is 4.96. The minimum atomic E-state index is -0.930. The van der Waals surface area contributed by atoms with E-state index in [9.17, 15) is 9.59 Å². The summed E-state index contributed by atoms with van der Waals surface area (Å²) < 4.78 is 5.62. The van der Waals surface area contributed by atoms with E-state index in [0.29, 0.717) is 11.3 Å². The zero-order chi connectivity index (χ0) is 15.8. The Morgan fingerprint density at radius 3 is 2.43 bits per heavy atom. The number of amides is 1. The lowest BCUT2D eigenvalue weighted by Crippen LogP contribution is -2.42. The molecule has 1 unspecified atom stereocenters. The van der Waals surface area contributed by atoms with E-state index in [1.807, 2.05) is 13.8 Å². The molecule has 1 aromatic carbocycles. The second-order valence-corrected chi connectivity index (χ2v) is 4.96. The highest BCUT2D eigenvalue weighted by Crippen LogP contribution is 2.20. The molecule has 5 nitrogen and oxygen atoms in total. The number of carbonyl (C=O) groups excluding carboxylic acids is 1. The van der Waals surface area contributed by atoms with Crippen molar-refractivity contribution in [2.45, 2.75) is 52.2 Å². The van der Waals surface area contributed by atoms with E-state index in [1.54, 1.807) is 31.2 Å². The van der Waals surface area contributed by atoms with Gasteiger partial charge in [0.25, 0.3) is 5.91 Å². The van der Waals surface area contributed by atoms with E-state index in [4.69, 9.17) is 9.84 Å². The molecule has 1 aromatic rings. The Kier molecular flexibility index (Phi) is 6.72. The number of nitrogens with one attached hydrogen (secondary N) is 1. The number of hydrogen-bond acceptors (Lipinski definition) is 3. The molecule has 0 saturated carbocycles. The van der Waals surface area contributed by atoms with Gasteiger partial charge in [-0.3, -0.25) is 9.59 Å². The maximum atomic E-state index is 12.1. The Hall–Kier alpha value is -2.04. The molecule has 1 atom stereocenters. The molecular weight excluding hydrogens is 270 g/mol. The highest BCUT2D eigenvalue weighted by molar-refractivity contribution is 5.81. The van der Waals surface area contributed by atoms with Crippen LogP contribution in [-0.4, -0.2) is 29.1 Å². The highest BCUT2D eigenvalue weighted by atomic mass is 16.5. The molecule has 0 aliphatic heterocycles. The predicted molar refractivity (Wildman–Crippen MR) is 80.4 cm³/mol. The summed E-state index contributed by atoms with van der Waals surface area (Å²) in [6.45, 7) is 5.69. The molecule has 0 spiro atoms. The van der Waals surface area contributed by atoms with E-state index in [2.05, 4.69) is 5.32 Å². The van der Waals surface area contributed by atoms with Crippen molar-refractivity contribution in [1.82, 2.24) is 5.32 Å². The third-order valence-corrected chi connectivity index (χ3v) is 3.32. The first-order valence-corrected chi connectivity index (χ1v) is 7.24. The molecule has 0 aliphatic rings. The van der Waals surface area contributed by atoms with Gasteiger partial charge in [0.2, 0.25) is 0 Å². The highest BCUT2D eigenvalue weighted by Gasteiger charge is 2.19. The third kappa shape index (κ3) is 5.45. The van der Waals surface area contributed by atoms with Crippen LogP contribution in [0.5, 0.6) is 5.75 Å². The monoisotopic (exact) mass is 293 g/mol. The van der Waals surface area contributed by atoms with Crippen molar-refractivity contribution in [3.8, 4) is 5.75 Å². The molecule has 1 amide bonds. The standard InChI is InChI=1S/C16H23NO4/c1-4-13(5-2)17-16(20)11(3)21-14-9-7-6-8-12(14)10-15(18)19/h6-9,11,13H,4-5,10H2,1-3H3,(H,17,20)(H,18,19). The molecule has 116 valence electrons. The van der Waals surface area contributed by atoms with Gasteiger partial charge in [-0.1, -0.05) is 32.0 Å². The van der Waals surface area contributed by atoms with Crippen LogP contribution in [0.25, 0.3) is 0 Å². The fourth-order valence-electron chi connectivity index (χ4n) is 1.98. The number of benzene rings is 1. The van der Waals surface area contributed by atoms with Gasteiger partial charge in [-0.05, 0) is 25.8 Å². The molecule has 2 N–H and O–H groups in total. The summed E-state index contributed by atoms with van der Waals surface area (Å²) in [4.78, 5) is 22.9. The van der Waals surface area contributed by atoms with Gasteiger partial charge in [0.15, 0.2) is 6.10 Å². The Balaban J connectivity index is 2.72. The van der Waals surface area contributed by atoms with Crippen molar-refractivity contribution < 1.29 is 19.4 Å². The molecule has 21 heavy (non-hydrogen) atoms. The van der Waals surface area contributed by atoms with Gasteiger partial charge in [-0.2, -0.15) is 0 Å². The van der Waals surface area contributed by atoms with Crippen molar-refractivity contribution in [3.05, 3.63) is 29.8 Å². The number of carboxylic acid groups (broad SMARTS) is 1. The van der Waals surface area contributed by atoms with Gasteiger partial charge >= 0.3 is 5.97 Å². The Bertz CT molecular complexity index is 483. The summed E-state index contributed by atoms with van der Waals surface area (Å²) in [5, 5.41) is 11.8. The molecule has 0 aromatic heterocycles. The van der Waals surface area contributed by atoms with Crippen molar-refractivity contribution >= 4 is 11.9 Å². The number of para-hydroxylation sites is 1. The van der Waals surface area contributed by atoms with Crippen LogP contribution in [0.15, 0.2) is 24.3 Å². The molecule has 0 heterocycles. The smallest absolute Gasteiger partial charge is 0.307 e.